The van der Waals surface area contributed by atoms with E-state index in [2.05, 4.69) is 4.98 Å². The van der Waals surface area contributed by atoms with Crippen molar-refractivity contribution in [2.24, 2.45) is 0 Å². The molecule has 0 saturated heterocycles. The average Bonchev–Trinajstić information content (AvgIpc) is 2.69. The third-order valence-corrected chi connectivity index (χ3v) is 3.31. The van der Waals surface area contributed by atoms with Crippen molar-refractivity contribution in [2.45, 2.75) is 6.54 Å². The van der Waals surface area contributed by atoms with Crippen molar-refractivity contribution in [1.29, 1.82) is 0 Å². The summed E-state index contributed by atoms with van der Waals surface area (Å²) in [5, 5.41) is 0.541. The molecular formula is C14H10ClF2N3. The highest BCUT2D eigenvalue weighted by Gasteiger charge is 2.11. The first kappa shape index (κ1) is 12.9. The van der Waals surface area contributed by atoms with Crippen molar-refractivity contribution in [1.82, 2.24) is 9.55 Å². The van der Waals surface area contributed by atoms with Gasteiger partial charge in [0.1, 0.15) is 11.6 Å². The van der Waals surface area contributed by atoms with Crippen molar-refractivity contribution < 1.29 is 8.78 Å². The number of benzene rings is 2. The fourth-order valence-electron chi connectivity index (χ4n) is 2.12. The number of nitrogen functional groups attached to an aromatic ring is 1. The largest absolute Gasteiger partial charge is 0.369 e. The molecule has 6 heteroatoms. The van der Waals surface area contributed by atoms with E-state index < -0.39 is 11.6 Å². The summed E-state index contributed by atoms with van der Waals surface area (Å²) in [5.74, 6) is -0.750. The molecule has 0 aliphatic rings. The Hall–Kier alpha value is -2.14. The fraction of sp³-hybridized carbons (Fsp3) is 0.0714. The summed E-state index contributed by atoms with van der Waals surface area (Å²) in [6.07, 6.45) is 0. The van der Waals surface area contributed by atoms with Gasteiger partial charge in [0.25, 0.3) is 0 Å². The summed E-state index contributed by atoms with van der Waals surface area (Å²) in [5.41, 5.74) is 7.38. The number of hydrogen-bond donors (Lipinski definition) is 1. The van der Waals surface area contributed by atoms with Crippen LogP contribution in [0.3, 0.4) is 0 Å². The molecule has 1 heterocycles. The van der Waals surface area contributed by atoms with Gasteiger partial charge in [-0.1, -0.05) is 11.6 Å². The molecule has 3 aromatic rings. The van der Waals surface area contributed by atoms with E-state index in [4.69, 9.17) is 17.3 Å². The zero-order valence-electron chi connectivity index (χ0n) is 10.3. The van der Waals surface area contributed by atoms with Crippen LogP contribution in [0.1, 0.15) is 5.56 Å². The number of anilines is 1. The number of imidazole rings is 1. The predicted octanol–water partition coefficient (Wildman–Crippen LogP) is 3.60. The zero-order valence-corrected chi connectivity index (χ0v) is 11.0. The third-order valence-electron chi connectivity index (χ3n) is 3.08. The molecule has 102 valence electrons. The maximum absolute atomic E-state index is 13.7. The Labute approximate surface area is 118 Å². The van der Waals surface area contributed by atoms with E-state index in [0.29, 0.717) is 10.5 Å². The molecule has 2 aromatic carbocycles. The van der Waals surface area contributed by atoms with E-state index in [0.717, 1.165) is 23.7 Å². The summed E-state index contributed by atoms with van der Waals surface area (Å²) in [7, 11) is 0. The summed E-state index contributed by atoms with van der Waals surface area (Å²) in [6, 6.07) is 8.44. The Balaban J connectivity index is 2.10. The molecule has 1 aromatic heterocycles. The molecule has 20 heavy (non-hydrogen) atoms. The van der Waals surface area contributed by atoms with Gasteiger partial charge in [0.2, 0.25) is 5.95 Å². The molecule has 0 amide bonds. The van der Waals surface area contributed by atoms with Gasteiger partial charge in [-0.05, 0) is 36.4 Å². The van der Waals surface area contributed by atoms with Crippen molar-refractivity contribution in [3.8, 4) is 0 Å². The van der Waals surface area contributed by atoms with Gasteiger partial charge in [-0.3, -0.25) is 0 Å². The van der Waals surface area contributed by atoms with E-state index in [1.165, 1.54) is 0 Å². The van der Waals surface area contributed by atoms with Gasteiger partial charge in [0.05, 0.1) is 17.6 Å². The van der Waals surface area contributed by atoms with Gasteiger partial charge in [0.15, 0.2) is 0 Å². The Morgan fingerprint density at radius 3 is 2.75 bits per heavy atom. The Bertz CT molecular complexity index is 798. The van der Waals surface area contributed by atoms with E-state index in [1.54, 1.807) is 22.8 Å². The number of fused-ring (bicyclic) bond motifs is 1. The van der Waals surface area contributed by atoms with Crippen LogP contribution >= 0.6 is 11.6 Å². The topological polar surface area (TPSA) is 43.8 Å². The minimum absolute atomic E-state index is 0.105. The van der Waals surface area contributed by atoms with Gasteiger partial charge in [0, 0.05) is 10.6 Å². The summed E-state index contributed by atoms with van der Waals surface area (Å²) in [6.45, 7) is 0.105. The standard InChI is InChI=1S/C14H10ClF2N3/c15-9-1-4-13-12(6-9)19-14(18)20(13)7-8-5-10(16)2-3-11(8)17/h1-6H,7H2,(H2,18,19). The van der Waals surface area contributed by atoms with Crippen LogP contribution in [0, 0.1) is 11.6 Å². The molecule has 3 rings (SSSR count). The molecule has 0 aliphatic heterocycles. The number of halogens is 3. The second-order valence-electron chi connectivity index (χ2n) is 4.42. The molecule has 0 atom stereocenters. The smallest absolute Gasteiger partial charge is 0.201 e. The fourth-order valence-corrected chi connectivity index (χ4v) is 2.29. The minimum Gasteiger partial charge on any atom is -0.369 e. The molecule has 0 fully saturated rings. The van der Waals surface area contributed by atoms with Crippen molar-refractivity contribution >= 4 is 28.6 Å². The van der Waals surface area contributed by atoms with Gasteiger partial charge in [-0.25, -0.2) is 13.8 Å². The molecular weight excluding hydrogens is 284 g/mol. The molecule has 0 spiro atoms. The Kier molecular flexibility index (Phi) is 3.06. The van der Waals surface area contributed by atoms with Crippen LogP contribution in [0.25, 0.3) is 11.0 Å². The third kappa shape index (κ3) is 2.20. The lowest BCUT2D eigenvalue weighted by molar-refractivity contribution is 0.579. The molecule has 0 saturated carbocycles. The number of nitrogens with two attached hydrogens (primary N) is 1. The van der Waals surface area contributed by atoms with Crippen LogP contribution in [0.15, 0.2) is 36.4 Å². The lowest BCUT2D eigenvalue weighted by Crippen LogP contribution is -2.06. The highest BCUT2D eigenvalue weighted by atomic mass is 35.5. The van der Waals surface area contributed by atoms with Crippen molar-refractivity contribution in [3.63, 3.8) is 0 Å². The van der Waals surface area contributed by atoms with Gasteiger partial charge < -0.3 is 10.3 Å². The van der Waals surface area contributed by atoms with Crippen LogP contribution in [0.2, 0.25) is 5.02 Å². The number of nitrogens with zero attached hydrogens (tertiary/aromatic N) is 2. The summed E-state index contributed by atoms with van der Waals surface area (Å²) < 4.78 is 28.5. The maximum Gasteiger partial charge on any atom is 0.201 e. The van der Waals surface area contributed by atoms with Crippen molar-refractivity contribution in [3.05, 3.63) is 58.6 Å². The lowest BCUT2D eigenvalue weighted by atomic mass is 10.2. The highest BCUT2D eigenvalue weighted by molar-refractivity contribution is 6.31. The minimum atomic E-state index is -0.493. The molecule has 2 N–H and O–H groups in total. The highest BCUT2D eigenvalue weighted by Crippen LogP contribution is 2.23. The first-order valence-electron chi connectivity index (χ1n) is 5.90. The number of aromatic nitrogens is 2. The second-order valence-corrected chi connectivity index (χ2v) is 4.86. The van der Waals surface area contributed by atoms with E-state index in [9.17, 15) is 8.78 Å². The molecule has 3 nitrogen and oxygen atoms in total. The van der Waals surface area contributed by atoms with Gasteiger partial charge in [-0.15, -0.1) is 0 Å². The molecule has 0 unspecified atom stereocenters. The first-order chi connectivity index (χ1) is 9.54. The van der Waals surface area contributed by atoms with E-state index in [1.807, 2.05) is 0 Å². The van der Waals surface area contributed by atoms with E-state index >= 15 is 0 Å². The van der Waals surface area contributed by atoms with Crippen LogP contribution in [-0.2, 0) is 6.54 Å². The summed E-state index contributed by atoms with van der Waals surface area (Å²) >= 11 is 5.89. The Morgan fingerprint density at radius 1 is 1.15 bits per heavy atom. The zero-order chi connectivity index (χ0) is 14.3. The van der Waals surface area contributed by atoms with Crippen LogP contribution < -0.4 is 5.73 Å². The SMILES string of the molecule is Nc1nc2cc(Cl)ccc2n1Cc1cc(F)ccc1F. The monoisotopic (exact) mass is 293 g/mol. The number of hydrogen-bond acceptors (Lipinski definition) is 2. The maximum atomic E-state index is 13.7. The van der Waals surface area contributed by atoms with Crippen molar-refractivity contribution in [2.75, 3.05) is 5.73 Å². The predicted molar refractivity (Wildman–Crippen MR) is 74.6 cm³/mol. The summed E-state index contributed by atoms with van der Waals surface area (Å²) in [4.78, 5) is 4.16. The Morgan fingerprint density at radius 2 is 1.95 bits per heavy atom. The van der Waals surface area contributed by atoms with Crippen LogP contribution in [0.5, 0.6) is 0 Å². The normalized spacial score (nSPS) is 11.2. The second kappa shape index (κ2) is 4.76. The lowest BCUT2D eigenvalue weighted by Gasteiger charge is -2.08. The number of rotatable bonds is 2. The van der Waals surface area contributed by atoms with Gasteiger partial charge >= 0.3 is 0 Å². The first-order valence-corrected chi connectivity index (χ1v) is 6.27. The molecule has 0 aliphatic carbocycles. The van der Waals surface area contributed by atoms with Gasteiger partial charge in [-0.2, -0.15) is 0 Å². The van der Waals surface area contributed by atoms with E-state index in [-0.39, 0.29) is 18.1 Å². The van der Waals surface area contributed by atoms with Crippen LogP contribution in [-0.4, -0.2) is 9.55 Å². The quantitative estimate of drug-likeness (QED) is 0.784. The van der Waals surface area contributed by atoms with Crippen LogP contribution in [0.4, 0.5) is 14.7 Å². The average molecular weight is 294 g/mol. The molecule has 0 bridgehead atoms. The molecule has 0 radical (unpaired) electrons.